The van der Waals surface area contributed by atoms with Crippen LogP contribution in [-0.2, 0) is 16.0 Å². The minimum Gasteiger partial charge on any atom is -0.480 e. The molecule has 0 radical (unpaired) electrons. The van der Waals surface area contributed by atoms with Gasteiger partial charge in [-0.05, 0) is 6.92 Å². The molecule has 1 fully saturated rings. The lowest BCUT2D eigenvalue weighted by atomic mass is 10.2. The predicted octanol–water partition coefficient (Wildman–Crippen LogP) is 0.642. The molecule has 0 spiro atoms. The van der Waals surface area contributed by atoms with E-state index < -0.39 is 12.0 Å². The topological polar surface area (TPSA) is 96.5 Å². The lowest BCUT2D eigenvalue weighted by Gasteiger charge is -2.24. The molecule has 3 N–H and O–H groups in total. The van der Waals surface area contributed by atoms with Gasteiger partial charge in [0.25, 0.3) is 0 Å². The summed E-state index contributed by atoms with van der Waals surface area (Å²) < 4.78 is 0. The summed E-state index contributed by atoms with van der Waals surface area (Å²) in [5.41, 5.74) is 6.09. The van der Waals surface area contributed by atoms with E-state index >= 15 is 0 Å². The average Bonchev–Trinajstić information content (AvgIpc) is 2.85. The Morgan fingerprint density at radius 2 is 2.39 bits per heavy atom. The van der Waals surface area contributed by atoms with Crippen LogP contribution in [0, 0.1) is 0 Å². The van der Waals surface area contributed by atoms with Gasteiger partial charge in [-0.1, -0.05) is 0 Å². The monoisotopic (exact) mass is 287 g/mol. The van der Waals surface area contributed by atoms with Crippen molar-refractivity contribution >= 4 is 40.1 Å². The maximum Gasteiger partial charge on any atom is 0.327 e. The molecule has 8 heteroatoms. The maximum absolute atomic E-state index is 12.1. The van der Waals surface area contributed by atoms with Crippen molar-refractivity contribution in [3.8, 4) is 0 Å². The Morgan fingerprint density at radius 3 is 2.94 bits per heavy atom. The Hall–Kier alpha value is -1.28. The summed E-state index contributed by atoms with van der Waals surface area (Å²) >= 11 is 2.74. The normalized spacial score (nSPS) is 23.3. The van der Waals surface area contributed by atoms with Crippen LogP contribution < -0.4 is 5.73 Å². The summed E-state index contributed by atoms with van der Waals surface area (Å²) in [7, 11) is 0. The van der Waals surface area contributed by atoms with E-state index in [0.29, 0.717) is 16.6 Å². The first-order valence-electron chi connectivity index (χ1n) is 5.34. The standard InChI is InChI=1S/C10H13N3O3S2/c1-5-13(7(4-17-5)9(15)16)8(14)2-6-3-18-10(11)12-6/h3,5,7H,2,4H2,1H3,(H2,11,12)(H,15,16). The van der Waals surface area contributed by atoms with Crippen LogP contribution in [0.1, 0.15) is 12.6 Å². The lowest BCUT2D eigenvalue weighted by molar-refractivity contribution is -0.148. The number of anilines is 1. The number of thioether (sulfide) groups is 1. The van der Waals surface area contributed by atoms with Crippen molar-refractivity contribution < 1.29 is 14.7 Å². The molecule has 2 heterocycles. The second-order valence-corrected chi connectivity index (χ2v) is 6.18. The van der Waals surface area contributed by atoms with Crippen LogP contribution in [0.3, 0.4) is 0 Å². The van der Waals surface area contributed by atoms with Crippen LogP contribution in [0.2, 0.25) is 0 Å². The van der Waals surface area contributed by atoms with Crippen molar-refractivity contribution in [3.05, 3.63) is 11.1 Å². The highest BCUT2D eigenvalue weighted by molar-refractivity contribution is 8.00. The summed E-state index contributed by atoms with van der Waals surface area (Å²) in [6, 6.07) is -0.742. The van der Waals surface area contributed by atoms with E-state index in [4.69, 9.17) is 10.8 Å². The van der Waals surface area contributed by atoms with E-state index in [1.165, 1.54) is 28.0 Å². The molecule has 6 nitrogen and oxygen atoms in total. The van der Waals surface area contributed by atoms with E-state index in [2.05, 4.69) is 4.98 Å². The Morgan fingerprint density at radius 1 is 1.67 bits per heavy atom. The number of hydrogen-bond acceptors (Lipinski definition) is 6. The van der Waals surface area contributed by atoms with Gasteiger partial charge >= 0.3 is 5.97 Å². The zero-order chi connectivity index (χ0) is 13.3. The third-order valence-corrected chi connectivity index (χ3v) is 4.64. The Bertz CT molecular complexity index is 477. The first kappa shape index (κ1) is 13.2. The third kappa shape index (κ3) is 2.59. The Kier molecular flexibility index (Phi) is 3.76. The number of thiazole rings is 1. The summed E-state index contributed by atoms with van der Waals surface area (Å²) in [6.45, 7) is 1.83. The van der Waals surface area contributed by atoms with Crippen molar-refractivity contribution in [2.75, 3.05) is 11.5 Å². The predicted molar refractivity (Wildman–Crippen MR) is 70.4 cm³/mol. The Balaban J connectivity index is 2.09. The van der Waals surface area contributed by atoms with Gasteiger partial charge in [0.15, 0.2) is 5.13 Å². The molecule has 2 atom stereocenters. The SMILES string of the molecule is CC1SCC(C(=O)O)N1C(=O)Cc1csc(N)n1. The molecule has 1 aliphatic heterocycles. The lowest BCUT2D eigenvalue weighted by Crippen LogP contribution is -2.45. The molecule has 1 aromatic rings. The number of carbonyl (C=O) groups is 2. The number of carbonyl (C=O) groups excluding carboxylic acids is 1. The van der Waals surface area contributed by atoms with Crippen LogP contribution in [0.5, 0.6) is 0 Å². The number of aromatic nitrogens is 1. The van der Waals surface area contributed by atoms with E-state index in [-0.39, 0.29) is 17.7 Å². The molecular weight excluding hydrogens is 274 g/mol. The smallest absolute Gasteiger partial charge is 0.327 e. The van der Waals surface area contributed by atoms with E-state index in [9.17, 15) is 9.59 Å². The van der Waals surface area contributed by atoms with E-state index in [1.807, 2.05) is 6.92 Å². The zero-order valence-electron chi connectivity index (χ0n) is 9.70. The van der Waals surface area contributed by atoms with Crippen LogP contribution in [0.4, 0.5) is 5.13 Å². The molecule has 1 aromatic heterocycles. The number of carboxylic acid groups (broad SMARTS) is 1. The highest BCUT2D eigenvalue weighted by Gasteiger charge is 2.39. The molecule has 2 unspecified atom stereocenters. The van der Waals surface area contributed by atoms with Crippen LogP contribution in [-0.4, -0.2) is 44.0 Å². The number of rotatable bonds is 3. The summed E-state index contributed by atoms with van der Waals surface area (Å²) in [6.07, 6.45) is 0.0996. The first-order valence-corrected chi connectivity index (χ1v) is 7.27. The minimum atomic E-state index is -0.960. The van der Waals surface area contributed by atoms with Crippen molar-refractivity contribution in [3.63, 3.8) is 0 Å². The van der Waals surface area contributed by atoms with Crippen molar-refractivity contribution in [1.29, 1.82) is 0 Å². The molecule has 2 rings (SSSR count). The van der Waals surface area contributed by atoms with Gasteiger partial charge in [0.1, 0.15) is 6.04 Å². The van der Waals surface area contributed by atoms with Crippen LogP contribution in [0.25, 0.3) is 0 Å². The molecule has 1 amide bonds. The average molecular weight is 287 g/mol. The van der Waals surface area contributed by atoms with Crippen molar-refractivity contribution in [1.82, 2.24) is 9.88 Å². The number of aliphatic carboxylic acids is 1. The molecule has 0 bridgehead atoms. The number of nitrogens with zero attached hydrogens (tertiary/aromatic N) is 2. The molecule has 98 valence electrons. The Labute approximate surface area is 112 Å². The van der Waals surface area contributed by atoms with Gasteiger partial charge in [0.05, 0.1) is 17.5 Å². The third-order valence-electron chi connectivity index (χ3n) is 2.70. The fourth-order valence-electron chi connectivity index (χ4n) is 1.86. The fourth-order valence-corrected chi connectivity index (χ4v) is 3.61. The van der Waals surface area contributed by atoms with Gasteiger partial charge in [-0.25, -0.2) is 9.78 Å². The van der Waals surface area contributed by atoms with Crippen molar-refractivity contribution in [2.45, 2.75) is 24.8 Å². The van der Waals surface area contributed by atoms with Gasteiger partial charge in [0.2, 0.25) is 5.91 Å². The largest absolute Gasteiger partial charge is 0.480 e. The first-order chi connectivity index (χ1) is 8.49. The molecule has 1 saturated heterocycles. The summed E-state index contributed by atoms with van der Waals surface area (Å²) in [5.74, 6) is -0.746. The summed E-state index contributed by atoms with van der Waals surface area (Å²) in [4.78, 5) is 28.6. The number of hydrogen-bond donors (Lipinski definition) is 2. The van der Waals surface area contributed by atoms with E-state index in [1.54, 1.807) is 5.38 Å². The summed E-state index contributed by atoms with van der Waals surface area (Å²) in [5, 5.41) is 11.1. The fraction of sp³-hybridized carbons (Fsp3) is 0.500. The molecule has 0 aliphatic carbocycles. The number of amides is 1. The molecule has 1 aliphatic rings. The van der Waals surface area contributed by atoms with Gasteiger partial charge in [-0.3, -0.25) is 4.79 Å². The van der Waals surface area contributed by atoms with Crippen molar-refractivity contribution in [2.24, 2.45) is 0 Å². The molecule has 0 aromatic carbocycles. The van der Waals surface area contributed by atoms with Crippen LogP contribution in [0.15, 0.2) is 5.38 Å². The molecule has 0 saturated carbocycles. The second-order valence-electron chi connectivity index (χ2n) is 3.94. The van der Waals surface area contributed by atoms with Gasteiger partial charge in [-0.2, -0.15) is 0 Å². The number of nitrogen functional groups attached to an aromatic ring is 1. The minimum absolute atomic E-state index is 0.0996. The zero-order valence-corrected chi connectivity index (χ0v) is 11.3. The van der Waals surface area contributed by atoms with E-state index in [0.717, 1.165) is 0 Å². The van der Waals surface area contributed by atoms with Gasteiger partial charge < -0.3 is 15.7 Å². The molecule has 18 heavy (non-hydrogen) atoms. The second kappa shape index (κ2) is 5.15. The van der Waals surface area contributed by atoms with Gasteiger partial charge in [0, 0.05) is 11.1 Å². The quantitative estimate of drug-likeness (QED) is 0.847. The van der Waals surface area contributed by atoms with Gasteiger partial charge in [-0.15, -0.1) is 23.1 Å². The number of nitrogens with two attached hydrogens (primary N) is 1. The highest BCUT2D eigenvalue weighted by Crippen LogP contribution is 2.29. The highest BCUT2D eigenvalue weighted by atomic mass is 32.2. The maximum atomic E-state index is 12.1. The van der Waals surface area contributed by atoms with Crippen LogP contribution >= 0.6 is 23.1 Å². The number of carboxylic acids is 1. The molecular formula is C10H13N3O3S2.